The van der Waals surface area contributed by atoms with Gasteiger partial charge in [0.05, 0.1) is 35.0 Å². The van der Waals surface area contributed by atoms with E-state index in [1.165, 1.54) is 30.9 Å². The van der Waals surface area contributed by atoms with Crippen LogP contribution >= 0.6 is 11.6 Å². The van der Waals surface area contributed by atoms with Crippen LogP contribution in [0.3, 0.4) is 0 Å². The number of carboxylic acids is 1. The molecule has 4 aromatic rings. The average Bonchev–Trinajstić information content (AvgIpc) is 3.24. The molecule has 0 bridgehead atoms. The molecular weight excluding hydrogens is 474 g/mol. The predicted molar refractivity (Wildman–Crippen MR) is 114 cm³/mol. The number of esters is 1. The Kier molecular flexibility index (Phi) is 6.37. The highest BCUT2D eigenvalue weighted by atomic mass is 35.5. The van der Waals surface area contributed by atoms with Gasteiger partial charge in [0.25, 0.3) is 0 Å². The van der Waals surface area contributed by atoms with Crippen molar-refractivity contribution in [3.05, 3.63) is 83.4 Å². The van der Waals surface area contributed by atoms with Gasteiger partial charge in [0.1, 0.15) is 12.1 Å². The zero-order valence-electron chi connectivity index (χ0n) is 17.2. The van der Waals surface area contributed by atoms with E-state index >= 15 is 0 Å². The summed E-state index contributed by atoms with van der Waals surface area (Å²) in [5, 5.41) is 13.7. The van der Waals surface area contributed by atoms with Crippen molar-refractivity contribution in [1.29, 1.82) is 0 Å². The second-order valence-corrected chi connectivity index (χ2v) is 7.37. The molecule has 0 amide bonds. The molecule has 34 heavy (non-hydrogen) atoms. The molecule has 1 atom stereocenters. The van der Waals surface area contributed by atoms with E-state index in [2.05, 4.69) is 15.1 Å². The molecule has 174 valence electrons. The summed E-state index contributed by atoms with van der Waals surface area (Å²) in [7, 11) is 0. The Morgan fingerprint density at radius 2 is 1.91 bits per heavy atom. The number of carbonyl (C=O) groups excluding carboxylic acids is 1. The second-order valence-electron chi connectivity index (χ2n) is 6.96. The first-order chi connectivity index (χ1) is 16.3. The van der Waals surface area contributed by atoms with Gasteiger partial charge in [-0.05, 0) is 24.3 Å². The molecule has 1 N–H and O–H groups in total. The first kappa shape index (κ1) is 23.1. The fraction of sp³-hybridized carbons (Fsp3) is 0.136. The Bertz CT molecular complexity index is 1380. The first-order valence-corrected chi connectivity index (χ1v) is 10.1. The number of aromatic nitrogens is 4. The van der Waals surface area contributed by atoms with Crippen LogP contribution in [0.15, 0.2) is 61.2 Å². The van der Waals surface area contributed by atoms with Gasteiger partial charge in [0, 0.05) is 12.3 Å². The Morgan fingerprint density at radius 1 is 1.12 bits per heavy atom. The highest BCUT2D eigenvalue weighted by Gasteiger charge is 2.46. The van der Waals surface area contributed by atoms with Gasteiger partial charge in [-0.15, -0.1) is 0 Å². The van der Waals surface area contributed by atoms with E-state index < -0.39 is 48.1 Å². The number of carboxylic acid groups (broad SMARTS) is 1. The van der Waals surface area contributed by atoms with E-state index in [1.54, 1.807) is 12.1 Å². The Balaban J connectivity index is 1.97. The quantitative estimate of drug-likeness (QED) is 0.293. The van der Waals surface area contributed by atoms with Crippen molar-refractivity contribution >= 4 is 34.6 Å². The minimum absolute atomic E-state index is 0.0210. The maximum absolute atomic E-state index is 14.7. The molecule has 2 heterocycles. The zero-order valence-corrected chi connectivity index (χ0v) is 17.9. The summed E-state index contributed by atoms with van der Waals surface area (Å²) in [6.07, 6.45) is 2.93. The third kappa shape index (κ3) is 4.50. The number of nitrogens with zero attached hydrogens (tertiary/aromatic N) is 4. The molecular formula is C22H15ClF2N4O5. The van der Waals surface area contributed by atoms with E-state index in [9.17, 15) is 18.4 Å². The van der Waals surface area contributed by atoms with Crippen LogP contribution in [0.1, 0.15) is 18.4 Å². The number of halogens is 3. The van der Waals surface area contributed by atoms with Gasteiger partial charge in [-0.25, -0.2) is 18.7 Å². The van der Waals surface area contributed by atoms with Crippen molar-refractivity contribution in [2.24, 2.45) is 0 Å². The lowest BCUT2D eigenvalue weighted by molar-refractivity contribution is -0.219. The monoisotopic (exact) mass is 488 g/mol. The molecule has 0 radical (unpaired) electrons. The fourth-order valence-electron chi connectivity index (χ4n) is 3.16. The highest BCUT2D eigenvalue weighted by molar-refractivity contribution is 6.31. The van der Waals surface area contributed by atoms with Crippen LogP contribution in [0.5, 0.6) is 5.75 Å². The minimum atomic E-state index is -2.39. The molecule has 0 fully saturated rings. The maximum atomic E-state index is 14.7. The maximum Gasteiger partial charge on any atom is 0.392 e. The number of ether oxygens (including phenoxy) is 2. The molecule has 4 rings (SSSR count). The van der Waals surface area contributed by atoms with Crippen LogP contribution in [0.25, 0.3) is 11.0 Å². The molecule has 0 saturated heterocycles. The van der Waals surface area contributed by atoms with Crippen LogP contribution in [-0.2, 0) is 20.2 Å². The van der Waals surface area contributed by atoms with Gasteiger partial charge in [0.15, 0.2) is 17.2 Å². The van der Waals surface area contributed by atoms with Crippen molar-refractivity contribution in [2.75, 3.05) is 0 Å². The molecule has 0 saturated carbocycles. The predicted octanol–water partition coefficient (Wildman–Crippen LogP) is 3.90. The third-order valence-electron chi connectivity index (χ3n) is 4.66. The molecule has 2 aromatic heterocycles. The summed E-state index contributed by atoms with van der Waals surface area (Å²) in [4.78, 5) is 31.8. The van der Waals surface area contributed by atoms with Gasteiger partial charge >= 0.3 is 17.8 Å². The number of aliphatic carboxylic acids is 1. The van der Waals surface area contributed by atoms with Gasteiger partial charge in [-0.2, -0.15) is 9.78 Å². The van der Waals surface area contributed by atoms with Crippen LogP contribution in [0.2, 0.25) is 5.02 Å². The van der Waals surface area contributed by atoms with Crippen LogP contribution in [0.4, 0.5) is 8.78 Å². The molecule has 0 aliphatic carbocycles. The van der Waals surface area contributed by atoms with E-state index in [0.717, 1.165) is 16.8 Å². The first-order valence-electron chi connectivity index (χ1n) is 9.77. The normalized spacial score (nSPS) is 12.8. The third-order valence-corrected chi connectivity index (χ3v) is 4.99. The summed E-state index contributed by atoms with van der Waals surface area (Å²) in [5.41, 5.74) is 0.149. The SMILES string of the molecule is O=C(O)CCC(=O)OC(Oc1ccc(F)cc1F)(c1ccccc1Cl)n1ncc2cncnc21. The number of benzene rings is 2. The molecule has 0 spiro atoms. The molecule has 12 heteroatoms. The summed E-state index contributed by atoms with van der Waals surface area (Å²) in [6.45, 7) is 0. The van der Waals surface area contributed by atoms with E-state index in [-0.39, 0.29) is 16.2 Å². The van der Waals surface area contributed by atoms with Crippen molar-refractivity contribution < 1.29 is 33.0 Å². The van der Waals surface area contributed by atoms with Gasteiger partial charge in [-0.3, -0.25) is 9.59 Å². The van der Waals surface area contributed by atoms with E-state index in [0.29, 0.717) is 11.5 Å². The largest absolute Gasteiger partial charge is 0.481 e. The van der Waals surface area contributed by atoms with Crippen molar-refractivity contribution in [3.8, 4) is 5.75 Å². The van der Waals surface area contributed by atoms with Gasteiger partial charge in [0.2, 0.25) is 0 Å². The van der Waals surface area contributed by atoms with Crippen LogP contribution in [0, 0.1) is 11.6 Å². The van der Waals surface area contributed by atoms with E-state index in [4.69, 9.17) is 26.2 Å². The molecule has 1 unspecified atom stereocenters. The van der Waals surface area contributed by atoms with Gasteiger partial charge < -0.3 is 14.6 Å². The smallest absolute Gasteiger partial charge is 0.392 e. The van der Waals surface area contributed by atoms with Crippen LogP contribution in [-0.4, -0.2) is 36.8 Å². The van der Waals surface area contributed by atoms with Crippen molar-refractivity contribution in [2.45, 2.75) is 18.8 Å². The lowest BCUT2D eigenvalue weighted by atomic mass is 10.1. The number of fused-ring (bicyclic) bond motifs is 1. The molecule has 0 aliphatic heterocycles. The molecule has 9 nitrogen and oxygen atoms in total. The average molecular weight is 489 g/mol. The highest BCUT2D eigenvalue weighted by Crippen LogP contribution is 2.38. The zero-order chi connectivity index (χ0) is 24.3. The van der Waals surface area contributed by atoms with Crippen LogP contribution < -0.4 is 4.74 Å². The summed E-state index contributed by atoms with van der Waals surface area (Å²) in [5.74, 6) is -7.08. The van der Waals surface area contributed by atoms with Crippen molar-refractivity contribution in [3.63, 3.8) is 0 Å². The topological polar surface area (TPSA) is 116 Å². The summed E-state index contributed by atoms with van der Waals surface area (Å²) < 4.78 is 40.8. The number of hydrogen-bond acceptors (Lipinski definition) is 7. The Morgan fingerprint density at radius 3 is 2.65 bits per heavy atom. The number of carbonyl (C=O) groups is 2. The number of hydrogen-bond donors (Lipinski definition) is 1. The van der Waals surface area contributed by atoms with Gasteiger partial charge in [-0.1, -0.05) is 23.7 Å². The lowest BCUT2D eigenvalue weighted by Crippen LogP contribution is -2.46. The molecule has 2 aromatic carbocycles. The number of rotatable bonds is 8. The lowest BCUT2D eigenvalue weighted by Gasteiger charge is -2.34. The Labute approximate surface area is 195 Å². The van der Waals surface area contributed by atoms with Crippen molar-refractivity contribution in [1.82, 2.24) is 19.7 Å². The minimum Gasteiger partial charge on any atom is -0.481 e. The summed E-state index contributed by atoms with van der Waals surface area (Å²) in [6, 6.07) is 8.62. The summed E-state index contributed by atoms with van der Waals surface area (Å²) >= 11 is 6.43. The Hall–Kier alpha value is -4.12. The fourth-order valence-corrected chi connectivity index (χ4v) is 3.42. The molecule has 0 aliphatic rings. The standard InChI is InChI=1S/C22H15ClF2N4O5/c23-16-4-2-1-3-15(16)22(34-20(32)8-7-19(30)31,33-18-6-5-14(24)9-17(18)25)29-21-13(11-28-29)10-26-12-27-21/h1-6,9-12H,7-8H2,(H,30,31). The second kappa shape index (κ2) is 9.40. The van der Waals surface area contributed by atoms with E-state index in [1.807, 2.05) is 0 Å².